The van der Waals surface area contributed by atoms with Crippen LogP contribution in [0.4, 0.5) is 0 Å². The predicted octanol–water partition coefficient (Wildman–Crippen LogP) is 2.94. The molecular formula is C16H23NO2. The number of hydrogen-bond acceptors (Lipinski definition) is 2. The van der Waals surface area contributed by atoms with Crippen LogP contribution >= 0.6 is 0 Å². The van der Waals surface area contributed by atoms with E-state index in [1.807, 2.05) is 26.0 Å². The summed E-state index contributed by atoms with van der Waals surface area (Å²) in [4.78, 5) is 23.3. The first-order valence-electron chi connectivity index (χ1n) is 6.63. The van der Waals surface area contributed by atoms with Gasteiger partial charge in [0.25, 0.3) is 5.91 Å². The number of amides is 1. The molecule has 0 heterocycles. The van der Waals surface area contributed by atoms with Gasteiger partial charge in [-0.15, -0.1) is 0 Å². The molecule has 0 atom stereocenters. The van der Waals surface area contributed by atoms with Crippen LogP contribution in [-0.2, 0) is 10.2 Å². The molecular weight excluding hydrogens is 238 g/mol. The van der Waals surface area contributed by atoms with E-state index in [1.165, 1.54) is 5.56 Å². The SMILES string of the molecule is CC(C)C(=O)CNC(=O)c1ccc(C(C)(C)C)cc1. The van der Waals surface area contributed by atoms with Crippen molar-refractivity contribution in [3.63, 3.8) is 0 Å². The molecule has 0 unspecified atom stereocenters. The van der Waals surface area contributed by atoms with Crippen molar-refractivity contribution < 1.29 is 9.59 Å². The van der Waals surface area contributed by atoms with Gasteiger partial charge >= 0.3 is 0 Å². The van der Waals surface area contributed by atoms with Crippen LogP contribution in [0.25, 0.3) is 0 Å². The molecule has 0 aliphatic rings. The van der Waals surface area contributed by atoms with E-state index >= 15 is 0 Å². The van der Waals surface area contributed by atoms with Gasteiger partial charge < -0.3 is 5.32 Å². The van der Waals surface area contributed by atoms with Crippen molar-refractivity contribution in [3.8, 4) is 0 Å². The molecule has 0 fully saturated rings. The highest BCUT2D eigenvalue weighted by molar-refractivity contribution is 5.97. The second kappa shape index (κ2) is 6.00. The average molecular weight is 261 g/mol. The number of carbonyl (C=O) groups is 2. The van der Waals surface area contributed by atoms with E-state index in [-0.39, 0.29) is 29.6 Å². The van der Waals surface area contributed by atoms with Crippen LogP contribution in [0.15, 0.2) is 24.3 Å². The molecule has 0 radical (unpaired) electrons. The van der Waals surface area contributed by atoms with E-state index in [9.17, 15) is 9.59 Å². The summed E-state index contributed by atoms with van der Waals surface area (Å²) in [7, 11) is 0. The van der Waals surface area contributed by atoms with Gasteiger partial charge in [-0.05, 0) is 23.1 Å². The fourth-order valence-electron chi connectivity index (χ4n) is 1.60. The Morgan fingerprint density at radius 2 is 1.63 bits per heavy atom. The van der Waals surface area contributed by atoms with E-state index in [4.69, 9.17) is 0 Å². The third-order valence-corrected chi connectivity index (χ3v) is 3.08. The van der Waals surface area contributed by atoms with Crippen LogP contribution in [-0.4, -0.2) is 18.2 Å². The first-order chi connectivity index (χ1) is 8.71. The third-order valence-electron chi connectivity index (χ3n) is 3.08. The summed E-state index contributed by atoms with van der Waals surface area (Å²) in [5.74, 6) is -0.210. The highest BCUT2D eigenvalue weighted by atomic mass is 16.2. The lowest BCUT2D eigenvalue weighted by molar-refractivity contribution is -0.120. The van der Waals surface area contributed by atoms with Crippen molar-refractivity contribution >= 4 is 11.7 Å². The maximum atomic E-state index is 11.9. The zero-order chi connectivity index (χ0) is 14.6. The van der Waals surface area contributed by atoms with Crippen LogP contribution in [0, 0.1) is 5.92 Å². The van der Waals surface area contributed by atoms with Crippen molar-refractivity contribution in [2.45, 2.75) is 40.0 Å². The summed E-state index contributed by atoms with van der Waals surface area (Å²) in [5.41, 5.74) is 1.84. The molecule has 0 saturated heterocycles. The van der Waals surface area contributed by atoms with E-state index in [2.05, 4.69) is 26.1 Å². The van der Waals surface area contributed by atoms with E-state index in [0.29, 0.717) is 5.56 Å². The Hall–Kier alpha value is -1.64. The lowest BCUT2D eigenvalue weighted by Crippen LogP contribution is -2.31. The average Bonchev–Trinajstić information content (AvgIpc) is 2.34. The molecule has 0 aromatic heterocycles. The van der Waals surface area contributed by atoms with E-state index < -0.39 is 0 Å². The van der Waals surface area contributed by atoms with Crippen molar-refractivity contribution in [1.29, 1.82) is 0 Å². The first kappa shape index (κ1) is 15.4. The van der Waals surface area contributed by atoms with Crippen LogP contribution in [0.3, 0.4) is 0 Å². The number of benzene rings is 1. The van der Waals surface area contributed by atoms with Crippen LogP contribution in [0.1, 0.15) is 50.5 Å². The molecule has 0 aliphatic carbocycles. The summed E-state index contributed by atoms with van der Waals surface area (Å²) in [6.07, 6.45) is 0. The van der Waals surface area contributed by atoms with Crippen molar-refractivity contribution in [3.05, 3.63) is 35.4 Å². The molecule has 0 aliphatic heterocycles. The number of rotatable bonds is 4. The van der Waals surface area contributed by atoms with Crippen LogP contribution < -0.4 is 5.32 Å². The molecule has 1 aromatic rings. The minimum absolute atomic E-state index is 0.0414. The standard InChI is InChI=1S/C16H23NO2/c1-11(2)14(18)10-17-15(19)12-6-8-13(9-7-12)16(3,4)5/h6-9,11H,10H2,1-5H3,(H,17,19). The maximum Gasteiger partial charge on any atom is 0.251 e. The number of nitrogens with one attached hydrogen (secondary N) is 1. The molecule has 104 valence electrons. The number of ketones is 1. The quantitative estimate of drug-likeness (QED) is 0.905. The summed E-state index contributed by atoms with van der Waals surface area (Å²) < 4.78 is 0. The predicted molar refractivity (Wildman–Crippen MR) is 77.3 cm³/mol. The van der Waals surface area contributed by atoms with Gasteiger partial charge in [-0.1, -0.05) is 46.8 Å². The lowest BCUT2D eigenvalue weighted by Gasteiger charge is -2.19. The van der Waals surface area contributed by atoms with Crippen LogP contribution in [0.5, 0.6) is 0 Å². The van der Waals surface area contributed by atoms with E-state index in [0.717, 1.165) is 0 Å². The molecule has 3 heteroatoms. The molecule has 0 saturated carbocycles. The summed E-state index contributed by atoms with van der Waals surface area (Å²) in [6, 6.07) is 7.52. The summed E-state index contributed by atoms with van der Waals surface area (Å²) in [5, 5.41) is 2.65. The monoisotopic (exact) mass is 261 g/mol. The molecule has 1 rings (SSSR count). The van der Waals surface area contributed by atoms with Crippen molar-refractivity contribution in [2.24, 2.45) is 5.92 Å². The minimum atomic E-state index is -0.200. The molecule has 1 N–H and O–H groups in total. The van der Waals surface area contributed by atoms with Gasteiger partial charge in [0.15, 0.2) is 5.78 Å². The zero-order valence-corrected chi connectivity index (χ0v) is 12.4. The summed E-state index contributed by atoms with van der Waals surface area (Å²) in [6.45, 7) is 10.1. The van der Waals surface area contributed by atoms with Gasteiger partial charge in [0.05, 0.1) is 6.54 Å². The number of Topliss-reactive ketones (excluding diaryl/α,β-unsaturated/α-hetero) is 1. The Balaban J connectivity index is 2.66. The largest absolute Gasteiger partial charge is 0.345 e. The molecule has 19 heavy (non-hydrogen) atoms. The first-order valence-corrected chi connectivity index (χ1v) is 6.63. The zero-order valence-electron chi connectivity index (χ0n) is 12.4. The fourth-order valence-corrected chi connectivity index (χ4v) is 1.60. The Morgan fingerprint density at radius 1 is 1.11 bits per heavy atom. The Labute approximate surface area is 115 Å². The highest BCUT2D eigenvalue weighted by Gasteiger charge is 2.15. The van der Waals surface area contributed by atoms with Gasteiger partial charge in [0.2, 0.25) is 0 Å². The normalized spacial score (nSPS) is 11.5. The molecule has 1 aromatic carbocycles. The van der Waals surface area contributed by atoms with Crippen LogP contribution in [0.2, 0.25) is 0 Å². The highest BCUT2D eigenvalue weighted by Crippen LogP contribution is 2.22. The smallest absolute Gasteiger partial charge is 0.251 e. The Kier molecular flexibility index (Phi) is 4.87. The second-order valence-electron chi connectivity index (χ2n) is 6.13. The Bertz CT molecular complexity index is 453. The second-order valence-corrected chi connectivity index (χ2v) is 6.13. The Morgan fingerprint density at radius 3 is 2.05 bits per heavy atom. The van der Waals surface area contributed by atoms with E-state index in [1.54, 1.807) is 12.1 Å². The molecule has 1 amide bonds. The van der Waals surface area contributed by atoms with Crippen molar-refractivity contribution in [2.75, 3.05) is 6.54 Å². The topological polar surface area (TPSA) is 46.2 Å². The number of hydrogen-bond donors (Lipinski definition) is 1. The fraction of sp³-hybridized carbons (Fsp3) is 0.500. The third kappa shape index (κ3) is 4.51. The summed E-state index contributed by atoms with van der Waals surface area (Å²) >= 11 is 0. The van der Waals surface area contributed by atoms with Gasteiger partial charge in [-0.25, -0.2) is 0 Å². The molecule has 0 bridgehead atoms. The maximum absolute atomic E-state index is 11.9. The van der Waals surface area contributed by atoms with Gasteiger partial charge in [-0.2, -0.15) is 0 Å². The minimum Gasteiger partial charge on any atom is -0.345 e. The molecule has 3 nitrogen and oxygen atoms in total. The van der Waals surface area contributed by atoms with Gasteiger partial charge in [0, 0.05) is 11.5 Å². The molecule has 0 spiro atoms. The van der Waals surface area contributed by atoms with Gasteiger partial charge in [-0.3, -0.25) is 9.59 Å². The number of carbonyl (C=O) groups excluding carboxylic acids is 2. The van der Waals surface area contributed by atoms with Crippen molar-refractivity contribution in [1.82, 2.24) is 5.32 Å². The van der Waals surface area contributed by atoms with Gasteiger partial charge in [0.1, 0.15) is 0 Å². The lowest BCUT2D eigenvalue weighted by atomic mass is 9.87.